The molecule has 0 atom stereocenters. The van der Waals surface area contributed by atoms with Gasteiger partial charge in [-0.05, 0) is 51.8 Å². The van der Waals surface area contributed by atoms with E-state index in [0.29, 0.717) is 12.1 Å². The standard InChI is InChI=1S/C15H14Br2N2O/c1-18-15(20)11-4-2-10(3-5-11)9-19-14-8-12(16)6-7-13(14)17/h2-8,19H,9H2,1H3,(H,18,20). The normalized spacial score (nSPS) is 10.2. The van der Waals surface area contributed by atoms with Crippen LogP contribution in [0.5, 0.6) is 0 Å². The molecule has 0 aliphatic carbocycles. The molecule has 0 bridgehead atoms. The van der Waals surface area contributed by atoms with Gasteiger partial charge in [0.1, 0.15) is 0 Å². The van der Waals surface area contributed by atoms with Crippen LogP contribution in [0.4, 0.5) is 5.69 Å². The smallest absolute Gasteiger partial charge is 0.251 e. The van der Waals surface area contributed by atoms with E-state index in [1.54, 1.807) is 7.05 Å². The molecule has 2 aromatic carbocycles. The number of nitrogens with one attached hydrogen (secondary N) is 2. The number of anilines is 1. The van der Waals surface area contributed by atoms with Crippen LogP contribution in [0.2, 0.25) is 0 Å². The number of hydrogen-bond donors (Lipinski definition) is 2. The molecule has 0 radical (unpaired) electrons. The highest BCUT2D eigenvalue weighted by Gasteiger charge is 2.03. The van der Waals surface area contributed by atoms with Crippen LogP contribution in [0.1, 0.15) is 15.9 Å². The zero-order valence-corrected chi connectivity index (χ0v) is 14.1. The summed E-state index contributed by atoms with van der Waals surface area (Å²) in [5, 5.41) is 5.96. The molecule has 0 aromatic heterocycles. The highest BCUT2D eigenvalue weighted by molar-refractivity contribution is 9.11. The van der Waals surface area contributed by atoms with E-state index in [1.165, 1.54) is 0 Å². The summed E-state index contributed by atoms with van der Waals surface area (Å²) in [5.41, 5.74) is 2.80. The van der Waals surface area contributed by atoms with Crippen LogP contribution < -0.4 is 10.6 Å². The van der Waals surface area contributed by atoms with Gasteiger partial charge >= 0.3 is 0 Å². The van der Waals surface area contributed by atoms with Gasteiger partial charge in [-0.2, -0.15) is 0 Å². The first-order valence-electron chi connectivity index (χ1n) is 6.10. The van der Waals surface area contributed by atoms with E-state index in [1.807, 2.05) is 42.5 Å². The molecular formula is C15H14Br2N2O. The molecule has 2 N–H and O–H groups in total. The number of benzene rings is 2. The van der Waals surface area contributed by atoms with Crippen molar-refractivity contribution in [2.75, 3.05) is 12.4 Å². The second-order valence-corrected chi connectivity index (χ2v) is 6.02. The molecule has 2 aromatic rings. The van der Waals surface area contributed by atoms with Crippen molar-refractivity contribution in [2.24, 2.45) is 0 Å². The minimum absolute atomic E-state index is 0.0701. The van der Waals surface area contributed by atoms with Gasteiger partial charge in [-0.1, -0.05) is 28.1 Å². The molecular weight excluding hydrogens is 384 g/mol. The molecule has 0 aliphatic heterocycles. The van der Waals surface area contributed by atoms with Gasteiger partial charge < -0.3 is 10.6 Å². The van der Waals surface area contributed by atoms with Crippen molar-refractivity contribution in [3.05, 3.63) is 62.5 Å². The zero-order valence-electron chi connectivity index (χ0n) is 10.9. The van der Waals surface area contributed by atoms with Crippen molar-refractivity contribution in [1.29, 1.82) is 0 Å². The third-order valence-electron chi connectivity index (χ3n) is 2.85. The second-order valence-electron chi connectivity index (χ2n) is 4.25. The van der Waals surface area contributed by atoms with E-state index in [4.69, 9.17) is 0 Å². The Hall–Kier alpha value is -1.33. The first-order chi connectivity index (χ1) is 9.60. The molecule has 0 spiro atoms. The maximum atomic E-state index is 11.4. The topological polar surface area (TPSA) is 41.1 Å². The molecule has 104 valence electrons. The van der Waals surface area contributed by atoms with E-state index in [-0.39, 0.29) is 5.91 Å². The Kier molecular flexibility index (Phi) is 5.20. The van der Waals surface area contributed by atoms with E-state index in [0.717, 1.165) is 20.2 Å². The predicted octanol–water partition coefficient (Wildman–Crippen LogP) is 4.18. The molecule has 0 aliphatic rings. The summed E-state index contributed by atoms with van der Waals surface area (Å²) in [6.07, 6.45) is 0. The third-order valence-corrected chi connectivity index (χ3v) is 4.04. The third kappa shape index (κ3) is 3.84. The lowest BCUT2D eigenvalue weighted by Gasteiger charge is -2.09. The molecule has 0 heterocycles. The Balaban J connectivity index is 2.04. The molecule has 0 saturated carbocycles. The first-order valence-corrected chi connectivity index (χ1v) is 7.68. The Labute approximate surface area is 135 Å². The van der Waals surface area contributed by atoms with Gasteiger partial charge in [-0.25, -0.2) is 0 Å². The van der Waals surface area contributed by atoms with Gasteiger partial charge in [0.2, 0.25) is 0 Å². The van der Waals surface area contributed by atoms with Crippen LogP contribution in [0.3, 0.4) is 0 Å². The summed E-state index contributed by atoms with van der Waals surface area (Å²) in [4.78, 5) is 11.4. The van der Waals surface area contributed by atoms with Crippen LogP contribution in [0, 0.1) is 0 Å². The Morgan fingerprint density at radius 2 is 1.80 bits per heavy atom. The van der Waals surface area contributed by atoms with Gasteiger partial charge in [-0.15, -0.1) is 0 Å². The van der Waals surface area contributed by atoms with E-state index in [9.17, 15) is 4.79 Å². The molecule has 0 fully saturated rings. The molecule has 20 heavy (non-hydrogen) atoms. The maximum absolute atomic E-state index is 11.4. The lowest BCUT2D eigenvalue weighted by molar-refractivity contribution is 0.0963. The fourth-order valence-electron chi connectivity index (χ4n) is 1.75. The van der Waals surface area contributed by atoms with Gasteiger partial charge in [0.05, 0.1) is 0 Å². The largest absolute Gasteiger partial charge is 0.380 e. The summed E-state index contributed by atoms with van der Waals surface area (Å²) < 4.78 is 2.04. The summed E-state index contributed by atoms with van der Waals surface area (Å²) in [6, 6.07) is 13.5. The lowest BCUT2D eigenvalue weighted by atomic mass is 10.1. The molecule has 1 amide bonds. The monoisotopic (exact) mass is 396 g/mol. The van der Waals surface area contributed by atoms with E-state index < -0.39 is 0 Å². The highest BCUT2D eigenvalue weighted by Crippen LogP contribution is 2.26. The molecule has 0 unspecified atom stereocenters. The van der Waals surface area contributed by atoms with Crippen molar-refractivity contribution in [1.82, 2.24) is 5.32 Å². The number of carbonyl (C=O) groups excluding carboxylic acids is 1. The first kappa shape index (κ1) is 15.1. The summed E-state index contributed by atoms with van der Waals surface area (Å²) in [5.74, 6) is -0.0701. The van der Waals surface area contributed by atoms with E-state index in [2.05, 4.69) is 42.5 Å². The van der Waals surface area contributed by atoms with Gasteiger partial charge in [0.25, 0.3) is 5.91 Å². The summed E-state index contributed by atoms with van der Waals surface area (Å²) in [7, 11) is 1.63. The molecule has 5 heteroatoms. The molecule has 3 nitrogen and oxygen atoms in total. The summed E-state index contributed by atoms with van der Waals surface area (Å²) >= 11 is 6.96. The molecule has 2 rings (SSSR count). The van der Waals surface area contributed by atoms with Crippen LogP contribution in [0.25, 0.3) is 0 Å². The van der Waals surface area contributed by atoms with Crippen molar-refractivity contribution >= 4 is 43.5 Å². The van der Waals surface area contributed by atoms with Crippen LogP contribution in [-0.2, 0) is 6.54 Å². The predicted molar refractivity (Wildman–Crippen MR) is 89.0 cm³/mol. The number of amides is 1. The van der Waals surface area contributed by atoms with E-state index >= 15 is 0 Å². The Morgan fingerprint density at radius 3 is 2.45 bits per heavy atom. The lowest BCUT2D eigenvalue weighted by Crippen LogP contribution is -2.17. The quantitative estimate of drug-likeness (QED) is 0.812. The Morgan fingerprint density at radius 1 is 1.10 bits per heavy atom. The zero-order chi connectivity index (χ0) is 14.5. The second kappa shape index (κ2) is 6.90. The van der Waals surface area contributed by atoms with Gasteiger partial charge in [0, 0.05) is 33.8 Å². The van der Waals surface area contributed by atoms with Crippen LogP contribution in [0.15, 0.2) is 51.4 Å². The Bertz CT molecular complexity index is 612. The van der Waals surface area contributed by atoms with Crippen LogP contribution >= 0.6 is 31.9 Å². The average Bonchev–Trinajstić information content (AvgIpc) is 2.48. The fraction of sp³-hybridized carbons (Fsp3) is 0.133. The number of halogens is 2. The van der Waals surface area contributed by atoms with Crippen molar-refractivity contribution < 1.29 is 4.79 Å². The number of hydrogen-bond acceptors (Lipinski definition) is 2. The maximum Gasteiger partial charge on any atom is 0.251 e. The van der Waals surface area contributed by atoms with Gasteiger partial charge in [0.15, 0.2) is 0 Å². The van der Waals surface area contributed by atoms with Crippen molar-refractivity contribution in [3.8, 4) is 0 Å². The fourth-order valence-corrected chi connectivity index (χ4v) is 2.50. The minimum atomic E-state index is -0.0701. The van der Waals surface area contributed by atoms with Gasteiger partial charge in [-0.3, -0.25) is 4.79 Å². The SMILES string of the molecule is CNC(=O)c1ccc(CNc2cc(Br)ccc2Br)cc1. The van der Waals surface area contributed by atoms with Crippen molar-refractivity contribution in [2.45, 2.75) is 6.54 Å². The number of rotatable bonds is 4. The highest BCUT2D eigenvalue weighted by atomic mass is 79.9. The minimum Gasteiger partial charge on any atom is -0.380 e. The number of carbonyl (C=O) groups is 1. The average molecular weight is 398 g/mol. The summed E-state index contributed by atoms with van der Waals surface area (Å²) in [6.45, 7) is 0.697. The molecule has 0 saturated heterocycles. The van der Waals surface area contributed by atoms with Crippen molar-refractivity contribution in [3.63, 3.8) is 0 Å². The van der Waals surface area contributed by atoms with Crippen LogP contribution in [-0.4, -0.2) is 13.0 Å².